The van der Waals surface area contributed by atoms with Crippen molar-refractivity contribution in [1.29, 1.82) is 0 Å². The van der Waals surface area contributed by atoms with Crippen LogP contribution < -0.4 is 10.2 Å². The first-order valence-corrected chi connectivity index (χ1v) is 8.29. The van der Waals surface area contributed by atoms with Crippen LogP contribution in [0.2, 0.25) is 5.02 Å². The highest BCUT2D eigenvalue weighted by Gasteiger charge is 2.20. The van der Waals surface area contributed by atoms with Crippen molar-refractivity contribution in [3.63, 3.8) is 0 Å². The van der Waals surface area contributed by atoms with Gasteiger partial charge in [0.05, 0.1) is 6.54 Å². The van der Waals surface area contributed by atoms with Gasteiger partial charge in [-0.1, -0.05) is 22.8 Å². The fourth-order valence-corrected chi connectivity index (χ4v) is 2.93. The summed E-state index contributed by atoms with van der Waals surface area (Å²) in [7, 11) is 1.78. The Bertz CT molecular complexity index is 714. The maximum atomic E-state index is 6.08. The molecule has 7 nitrogen and oxygen atoms in total. The second-order valence-electron chi connectivity index (χ2n) is 5.59. The van der Waals surface area contributed by atoms with Crippen LogP contribution in [0.5, 0.6) is 0 Å². The number of benzene rings is 1. The number of hydrogen-bond donors (Lipinski definition) is 1. The lowest BCUT2D eigenvalue weighted by Crippen LogP contribution is -2.52. The van der Waals surface area contributed by atoms with E-state index >= 15 is 0 Å². The van der Waals surface area contributed by atoms with Gasteiger partial charge in [-0.3, -0.25) is 4.99 Å². The van der Waals surface area contributed by atoms with E-state index in [1.165, 1.54) is 0 Å². The van der Waals surface area contributed by atoms with Crippen LogP contribution in [0.25, 0.3) is 0 Å². The Kier molecular flexibility index (Phi) is 7.30. The van der Waals surface area contributed by atoms with Crippen LogP contribution in [0.15, 0.2) is 33.8 Å². The molecule has 0 unspecified atom stereocenters. The molecule has 2 aromatic rings. The predicted molar refractivity (Wildman–Crippen MR) is 110 cm³/mol. The highest BCUT2D eigenvalue weighted by molar-refractivity contribution is 14.0. The van der Waals surface area contributed by atoms with E-state index in [9.17, 15) is 0 Å². The van der Waals surface area contributed by atoms with E-state index in [-0.39, 0.29) is 24.0 Å². The van der Waals surface area contributed by atoms with E-state index < -0.39 is 0 Å². The Hall–Kier alpha value is -1.55. The average Bonchev–Trinajstić information content (AvgIpc) is 3.01. The first-order valence-electron chi connectivity index (χ1n) is 7.91. The van der Waals surface area contributed by atoms with E-state index in [4.69, 9.17) is 16.1 Å². The Morgan fingerprint density at radius 3 is 2.68 bits per heavy atom. The molecule has 0 radical (unpaired) electrons. The zero-order valence-electron chi connectivity index (χ0n) is 14.3. The summed E-state index contributed by atoms with van der Waals surface area (Å²) in [6, 6.07) is 7.97. The topological polar surface area (TPSA) is 69.8 Å². The minimum absolute atomic E-state index is 0. The number of nitrogens with one attached hydrogen (secondary N) is 1. The molecule has 0 amide bonds. The third-order valence-electron chi connectivity index (χ3n) is 3.93. The number of rotatable bonds is 3. The summed E-state index contributed by atoms with van der Waals surface area (Å²) < 4.78 is 5.11. The summed E-state index contributed by atoms with van der Waals surface area (Å²) in [6.45, 7) is 5.88. The SMILES string of the molecule is CN=C(NCc1nc(C)no1)N1CCN(c2cccc(Cl)c2)CC1.I. The Balaban J connectivity index is 0.00000225. The van der Waals surface area contributed by atoms with Crippen molar-refractivity contribution in [3.05, 3.63) is 41.0 Å². The fourth-order valence-electron chi connectivity index (χ4n) is 2.75. The number of piperazine rings is 1. The molecule has 1 N–H and O–H groups in total. The van der Waals surface area contributed by atoms with Crippen LogP contribution in [-0.4, -0.2) is 54.2 Å². The van der Waals surface area contributed by atoms with E-state index in [2.05, 4.69) is 36.3 Å². The number of hydrogen-bond acceptors (Lipinski definition) is 5. The predicted octanol–water partition coefficient (Wildman–Crippen LogP) is 2.55. The second-order valence-corrected chi connectivity index (χ2v) is 6.03. The van der Waals surface area contributed by atoms with Crippen molar-refractivity contribution in [3.8, 4) is 0 Å². The first kappa shape index (κ1) is 19.8. The maximum Gasteiger partial charge on any atom is 0.246 e. The number of anilines is 1. The molecule has 0 saturated carbocycles. The minimum atomic E-state index is 0. The van der Waals surface area contributed by atoms with Crippen molar-refractivity contribution in [2.75, 3.05) is 38.1 Å². The van der Waals surface area contributed by atoms with Crippen LogP contribution in [0.1, 0.15) is 11.7 Å². The van der Waals surface area contributed by atoms with Gasteiger partial charge in [-0.2, -0.15) is 4.98 Å². The van der Waals surface area contributed by atoms with Gasteiger partial charge in [0, 0.05) is 43.9 Å². The molecule has 1 saturated heterocycles. The Morgan fingerprint density at radius 1 is 1.32 bits per heavy atom. The van der Waals surface area contributed by atoms with Gasteiger partial charge in [-0.25, -0.2) is 0 Å². The second kappa shape index (κ2) is 9.23. The summed E-state index contributed by atoms with van der Waals surface area (Å²) in [5, 5.41) is 7.82. The maximum absolute atomic E-state index is 6.08. The molecule has 2 heterocycles. The van der Waals surface area contributed by atoms with Crippen molar-refractivity contribution < 1.29 is 4.52 Å². The molecule has 1 aliphatic rings. The van der Waals surface area contributed by atoms with Crippen molar-refractivity contribution >= 4 is 47.2 Å². The summed E-state index contributed by atoms with van der Waals surface area (Å²) >= 11 is 6.08. The average molecular weight is 477 g/mol. The Morgan fingerprint density at radius 2 is 2.08 bits per heavy atom. The number of aromatic nitrogens is 2. The largest absolute Gasteiger partial charge is 0.368 e. The lowest BCUT2D eigenvalue weighted by atomic mass is 10.2. The molecule has 1 fully saturated rings. The van der Waals surface area contributed by atoms with Crippen molar-refractivity contribution in [2.24, 2.45) is 4.99 Å². The van der Waals surface area contributed by atoms with Crippen molar-refractivity contribution in [1.82, 2.24) is 20.4 Å². The van der Waals surface area contributed by atoms with Crippen LogP contribution in [-0.2, 0) is 6.54 Å². The van der Waals surface area contributed by atoms with E-state index in [0.717, 1.165) is 42.8 Å². The molecule has 0 atom stereocenters. The zero-order valence-corrected chi connectivity index (χ0v) is 17.4. The van der Waals surface area contributed by atoms with Gasteiger partial charge in [0.1, 0.15) is 0 Å². The van der Waals surface area contributed by atoms with Crippen LogP contribution in [0, 0.1) is 6.92 Å². The molecule has 1 aliphatic heterocycles. The monoisotopic (exact) mass is 476 g/mol. The van der Waals surface area contributed by atoms with E-state index in [0.29, 0.717) is 18.3 Å². The molecule has 9 heteroatoms. The lowest BCUT2D eigenvalue weighted by molar-refractivity contribution is 0.354. The highest BCUT2D eigenvalue weighted by Crippen LogP contribution is 2.20. The molecular weight excluding hydrogens is 455 g/mol. The molecule has 3 rings (SSSR count). The standard InChI is InChI=1S/C16H21ClN6O.HI/c1-12-20-15(24-21-12)11-19-16(18-2)23-8-6-22(7-9-23)14-5-3-4-13(17)10-14;/h3-5,10H,6-9,11H2,1-2H3,(H,18,19);1H. The molecule has 0 bridgehead atoms. The first-order chi connectivity index (χ1) is 11.7. The minimum Gasteiger partial charge on any atom is -0.368 e. The summed E-state index contributed by atoms with van der Waals surface area (Å²) in [5.41, 5.74) is 1.16. The van der Waals surface area contributed by atoms with E-state index in [1.54, 1.807) is 14.0 Å². The van der Waals surface area contributed by atoms with Gasteiger partial charge >= 0.3 is 0 Å². The molecule has 1 aromatic carbocycles. The Labute approximate surface area is 169 Å². The normalized spacial score (nSPS) is 15.1. The smallest absolute Gasteiger partial charge is 0.246 e. The van der Waals surface area contributed by atoms with Crippen LogP contribution >= 0.6 is 35.6 Å². The third kappa shape index (κ3) is 5.21. The molecule has 136 valence electrons. The summed E-state index contributed by atoms with van der Waals surface area (Å²) in [5.74, 6) is 2.04. The van der Waals surface area contributed by atoms with Gasteiger partial charge in [0.15, 0.2) is 11.8 Å². The summed E-state index contributed by atoms with van der Waals surface area (Å²) in [6.07, 6.45) is 0. The zero-order chi connectivity index (χ0) is 16.9. The lowest BCUT2D eigenvalue weighted by Gasteiger charge is -2.37. The highest BCUT2D eigenvalue weighted by atomic mass is 127. The molecule has 1 aromatic heterocycles. The molecular formula is C16H22ClIN6O. The van der Waals surface area contributed by atoms with E-state index in [1.807, 2.05) is 18.2 Å². The number of nitrogens with zero attached hydrogens (tertiary/aromatic N) is 5. The molecule has 0 spiro atoms. The fraction of sp³-hybridized carbons (Fsp3) is 0.438. The van der Waals surface area contributed by atoms with Gasteiger partial charge in [0.25, 0.3) is 0 Å². The molecule has 0 aliphatic carbocycles. The van der Waals surface area contributed by atoms with Gasteiger partial charge < -0.3 is 19.6 Å². The number of guanidine groups is 1. The quantitative estimate of drug-likeness (QED) is 0.417. The van der Waals surface area contributed by atoms with Crippen LogP contribution in [0.3, 0.4) is 0 Å². The number of aliphatic imine (C=N–C) groups is 1. The van der Waals surface area contributed by atoms with Crippen LogP contribution in [0.4, 0.5) is 5.69 Å². The van der Waals surface area contributed by atoms with Gasteiger partial charge in [0.2, 0.25) is 5.89 Å². The van der Waals surface area contributed by atoms with Gasteiger partial charge in [-0.15, -0.1) is 24.0 Å². The third-order valence-corrected chi connectivity index (χ3v) is 4.17. The number of aryl methyl sites for hydroxylation is 1. The number of halogens is 2. The molecule has 25 heavy (non-hydrogen) atoms. The summed E-state index contributed by atoms with van der Waals surface area (Å²) in [4.78, 5) is 13.1. The van der Waals surface area contributed by atoms with Gasteiger partial charge in [-0.05, 0) is 25.1 Å². The van der Waals surface area contributed by atoms with Crippen molar-refractivity contribution in [2.45, 2.75) is 13.5 Å².